The Bertz CT molecular complexity index is 1110. The predicted octanol–water partition coefficient (Wildman–Crippen LogP) is 3.79. The predicted molar refractivity (Wildman–Crippen MR) is 119 cm³/mol. The van der Waals surface area contributed by atoms with E-state index in [0.717, 1.165) is 46.1 Å². The summed E-state index contributed by atoms with van der Waals surface area (Å²) in [7, 11) is 5.34. The Morgan fingerprint density at radius 3 is 2.23 bits per heavy atom. The first-order valence-electron chi connectivity index (χ1n) is 10.0. The Labute approximate surface area is 182 Å². The minimum absolute atomic E-state index is 0.159. The highest BCUT2D eigenvalue weighted by molar-refractivity contribution is 5.63. The molecule has 2 N–H and O–H groups in total. The summed E-state index contributed by atoms with van der Waals surface area (Å²) in [5.74, 6) is 2.23. The monoisotopic (exact) mass is 415 g/mol. The molecule has 1 unspecified atom stereocenters. The summed E-state index contributed by atoms with van der Waals surface area (Å²) in [4.78, 5) is 2.21. The van der Waals surface area contributed by atoms with Crippen LogP contribution in [0.4, 0.5) is 0 Å². The number of benzene rings is 2. The lowest BCUT2D eigenvalue weighted by Crippen LogP contribution is -2.35. The molecule has 2 heterocycles. The molecule has 0 radical (unpaired) electrons. The minimum Gasteiger partial charge on any atom is -0.497 e. The van der Waals surface area contributed by atoms with Crippen LogP contribution in [0.2, 0.25) is 0 Å². The van der Waals surface area contributed by atoms with Gasteiger partial charge in [-0.25, -0.2) is 0 Å². The number of allylic oxidation sites excluding steroid dienone is 1. The van der Waals surface area contributed by atoms with Crippen molar-refractivity contribution in [3.63, 3.8) is 0 Å². The molecule has 0 aliphatic carbocycles. The first-order chi connectivity index (χ1) is 15.0. The Morgan fingerprint density at radius 1 is 1.03 bits per heavy atom. The molecule has 0 fully saturated rings. The van der Waals surface area contributed by atoms with Crippen LogP contribution < -0.4 is 15.2 Å². The van der Waals surface area contributed by atoms with E-state index >= 15 is 0 Å². The molecule has 2 aromatic rings. The number of nitrogens with two attached hydrogens (primary N) is 1. The lowest BCUT2D eigenvalue weighted by atomic mass is 9.80. The van der Waals surface area contributed by atoms with E-state index in [1.165, 1.54) is 0 Å². The molecule has 4 rings (SSSR count). The quantitative estimate of drug-likeness (QED) is 0.818. The van der Waals surface area contributed by atoms with Crippen molar-refractivity contribution in [3.05, 3.63) is 88.0 Å². The summed E-state index contributed by atoms with van der Waals surface area (Å²) >= 11 is 0. The van der Waals surface area contributed by atoms with Crippen molar-refractivity contribution in [3.8, 4) is 17.6 Å². The number of nitrogens with zero attached hydrogens (tertiary/aromatic N) is 2. The molecule has 0 saturated carbocycles. The van der Waals surface area contributed by atoms with Gasteiger partial charge in [-0.2, -0.15) is 5.26 Å². The number of rotatable bonds is 4. The van der Waals surface area contributed by atoms with Crippen LogP contribution >= 0.6 is 0 Å². The fraction of sp³-hybridized carbons (Fsp3) is 0.240. The van der Waals surface area contributed by atoms with Gasteiger partial charge >= 0.3 is 0 Å². The zero-order chi connectivity index (χ0) is 22.0. The normalized spacial score (nSPS) is 20.2. The second kappa shape index (κ2) is 8.58. The molecule has 1 atom stereocenters. The summed E-state index contributed by atoms with van der Waals surface area (Å²) in [6.07, 6.45) is 2.10. The van der Waals surface area contributed by atoms with Gasteiger partial charge < -0.3 is 19.9 Å². The van der Waals surface area contributed by atoms with Crippen LogP contribution in [0, 0.1) is 11.3 Å². The maximum absolute atomic E-state index is 9.85. The van der Waals surface area contributed by atoms with Crippen molar-refractivity contribution < 1.29 is 14.2 Å². The van der Waals surface area contributed by atoms with E-state index in [-0.39, 0.29) is 11.8 Å². The zero-order valence-electron chi connectivity index (χ0n) is 17.9. The van der Waals surface area contributed by atoms with Crippen LogP contribution in [0.3, 0.4) is 0 Å². The fourth-order valence-corrected chi connectivity index (χ4v) is 4.12. The first-order valence-corrected chi connectivity index (χ1v) is 10.0. The molecule has 6 heteroatoms. The Morgan fingerprint density at radius 2 is 1.65 bits per heavy atom. The van der Waals surface area contributed by atoms with Crippen LogP contribution in [0.5, 0.6) is 11.5 Å². The molecule has 2 aliphatic rings. The van der Waals surface area contributed by atoms with E-state index < -0.39 is 0 Å². The lowest BCUT2D eigenvalue weighted by molar-refractivity contribution is 0.251. The highest BCUT2D eigenvalue weighted by Gasteiger charge is 2.37. The highest BCUT2D eigenvalue weighted by atomic mass is 16.5. The van der Waals surface area contributed by atoms with Gasteiger partial charge in [0.1, 0.15) is 28.9 Å². The van der Waals surface area contributed by atoms with Crippen LogP contribution in [-0.4, -0.2) is 39.3 Å². The third-order valence-electron chi connectivity index (χ3n) is 5.60. The van der Waals surface area contributed by atoms with Crippen molar-refractivity contribution in [1.29, 1.82) is 5.26 Å². The third-order valence-corrected chi connectivity index (χ3v) is 5.60. The standard InChI is InChI=1S/C25H25N3O3/c1-28-14-18(12-16-4-8-19(29-2)9-5-16)24-22(15-28)23(21(13-26)25(27)31-24)17-6-10-20(30-3)11-7-17/h4-12,23H,14-15,27H2,1-3H3/b18-12-. The topological polar surface area (TPSA) is 80.7 Å². The Balaban J connectivity index is 1.81. The average Bonchev–Trinajstić information content (AvgIpc) is 2.79. The molecule has 0 bridgehead atoms. The van der Waals surface area contributed by atoms with E-state index in [1.54, 1.807) is 14.2 Å². The van der Waals surface area contributed by atoms with Crippen molar-refractivity contribution in [1.82, 2.24) is 4.90 Å². The van der Waals surface area contributed by atoms with Crippen LogP contribution in [0.25, 0.3) is 6.08 Å². The zero-order valence-corrected chi connectivity index (χ0v) is 17.9. The van der Waals surface area contributed by atoms with E-state index in [9.17, 15) is 5.26 Å². The summed E-state index contributed by atoms with van der Waals surface area (Å²) in [5, 5.41) is 9.85. The summed E-state index contributed by atoms with van der Waals surface area (Å²) in [6, 6.07) is 17.9. The number of ether oxygens (including phenoxy) is 3. The summed E-state index contributed by atoms with van der Waals surface area (Å²) in [5.41, 5.74) is 10.7. The third kappa shape index (κ3) is 4.00. The van der Waals surface area contributed by atoms with Crippen LogP contribution in [0.1, 0.15) is 17.0 Å². The minimum atomic E-state index is -0.262. The van der Waals surface area contributed by atoms with Gasteiger partial charge in [-0.05, 0) is 54.1 Å². The van der Waals surface area contributed by atoms with Crippen molar-refractivity contribution >= 4 is 6.08 Å². The average molecular weight is 415 g/mol. The maximum atomic E-state index is 9.85. The molecular weight excluding hydrogens is 390 g/mol. The van der Waals surface area contributed by atoms with E-state index in [1.807, 2.05) is 48.5 Å². The SMILES string of the molecule is COc1ccc(/C=C2/CN(C)CC3=C2OC(N)=C(C#N)C3c2ccc(OC)cc2)cc1. The Hall–Kier alpha value is -3.69. The van der Waals surface area contributed by atoms with Crippen molar-refractivity contribution in [2.45, 2.75) is 5.92 Å². The molecule has 0 saturated heterocycles. The van der Waals surface area contributed by atoms with Crippen molar-refractivity contribution in [2.24, 2.45) is 5.73 Å². The summed E-state index contributed by atoms with van der Waals surface area (Å²) < 4.78 is 16.6. The number of hydrogen-bond acceptors (Lipinski definition) is 6. The van der Waals surface area contributed by atoms with Gasteiger partial charge in [0.25, 0.3) is 0 Å². The van der Waals surface area contributed by atoms with Crippen LogP contribution in [-0.2, 0) is 4.74 Å². The summed E-state index contributed by atoms with van der Waals surface area (Å²) in [6.45, 7) is 1.40. The molecule has 0 aromatic heterocycles. The molecular formula is C25H25N3O3. The molecule has 2 aromatic carbocycles. The van der Waals surface area contributed by atoms with Gasteiger partial charge in [0.2, 0.25) is 5.88 Å². The van der Waals surface area contributed by atoms with Gasteiger partial charge in [0.05, 0.1) is 20.1 Å². The largest absolute Gasteiger partial charge is 0.497 e. The molecule has 31 heavy (non-hydrogen) atoms. The molecule has 0 amide bonds. The van der Waals surface area contributed by atoms with E-state index in [4.69, 9.17) is 19.9 Å². The maximum Gasteiger partial charge on any atom is 0.205 e. The first kappa shape index (κ1) is 20.6. The van der Waals surface area contributed by atoms with E-state index in [2.05, 4.69) is 24.1 Å². The molecule has 2 aliphatic heterocycles. The number of nitriles is 1. The number of hydrogen-bond donors (Lipinski definition) is 1. The highest BCUT2D eigenvalue weighted by Crippen LogP contribution is 2.43. The van der Waals surface area contributed by atoms with Gasteiger partial charge in [-0.15, -0.1) is 0 Å². The number of likely N-dealkylation sites (N-methyl/N-ethyl adjacent to an activating group) is 1. The van der Waals surface area contributed by atoms with Gasteiger partial charge in [-0.1, -0.05) is 24.3 Å². The van der Waals surface area contributed by atoms with Gasteiger partial charge in [0, 0.05) is 18.7 Å². The van der Waals surface area contributed by atoms with Gasteiger partial charge in [-0.3, -0.25) is 4.90 Å². The molecule has 6 nitrogen and oxygen atoms in total. The number of methoxy groups -OCH3 is 2. The van der Waals surface area contributed by atoms with Crippen LogP contribution in [0.15, 0.2) is 76.9 Å². The van der Waals surface area contributed by atoms with Gasteiger partial charge in [0.15, 0.2) is 0 Å². The Kier molecular flexibility index (Phi) is 5.70. The molecule has 158 valence electrons. The smallest absolute Gasteiger partial charge is 0.205 e. The van der Waals surface area contributed by atoms with Crippen molar-refractivity contribution in [2.75, 3.05) is 34.4 Å². The fourth-order valence-electron chi connectivity index (χ4n) is 4.12. The second-order valence-electron chi connectivity index (χ2n) is 7.67. The second-order valence-corrected chi connectivity index (χ2v) is 7.67. The van der Waals surface area contributed by atoms with E-state index in [0.29, 0.717) is 12.1 Å². The molecule has 0 spiro atoms. The lowest BCUT2D eigenvalue weighted by Gasteiger charge is -2.36.